The first-order chi connectivity index (χ1) is 7.08. The van der Waals surface area contributed by atoms with E-state index < -0.39 is 6.10 Å². The molecule has 1 N–H and O–H groups in total. The fourth-order valence-electron chi connectivity index (χ4n) is 1.34. The minimum Gasteiger partial charge on any atom is -0.479 e. The zero-order valence-corrected chi connectivity index (χ0v) is 8.88. The summed E-state index contributed by atoms with van der Waals surface area (Å²) in [4.78, 5) is 22.3. The van der Waals surface area contributed by atoms with E-state index in [9.17, 15) is 9.59 Å². The highest BCUT2D eigenvalue weighted by Gasteiger charge is 2.23. The van der Waals surface area contributed by atoms with Crippen LogP contribution < -0.4 is 10.1 Å². The Bertz CT molecular complexity index is 444. The molecule has 2 rings (SSSR count). The highest BCUT2D eigenvalue weighted by atomic mass is 32.1. The Morgan fingerprint density at radius 2 is 2.27 bits per heavy atom. The number of hydrogen-bond acceptors (Lipinski definition) is 3. The molecule has 0 bridgehead atoms. The molecule has 5 heteroatoms. The van der Waals surface area contributed by atoms with E-state index in [4.69, 9.17) is 4.74 Å². The zero-order valence-electron chi connectivity index (χ0n) is 7.98. The molecule has 15 heavy (non-hydrogen) atoms. The molecule has 0 spiro atoms. The second-order valence-corrected chi connectivity index (χ2v) is 3.67. The Balaban J connectivity index is 2.41. The Hall–Kier alpha value is -1.49. The lowest BCUT2D eigenvalue weighted by Crippen LogP contribution is -2.34. The number of benzene rings is 1. The van der Waals surface area contributed by atoms with E-state index in [0.29, 0.717) is 17.0 Å². The summed E-state index contributed by atoms with van der Waals surface area (Å²) in [6, 6.07) is 4.81. The smallest absolute Gasteiger partial charge is 0.265 e. The van der Waals surface area contributed by atoms with Crippen LogP contribution >= 0.6 is 12.6 Å². The van der Waals surface area contributed by atoms with Crippen molar-refractivity contribution >= 4 is 29.3 Å². The molecule has 1 aromatic carbocycles. The third-order valence-corrected chi connectivity index (χ3v) is 2.42. The van der Waals surface area contributed by atoms with E-state index in [0.717, 1.165) is 0 Å². The number of nitrogens with one attached hydrogen (secondary N) is 1. The Kier molecular flexibility index (Phi) is 2.40. The molecule has 0 aromatic heterocycles. The van der Waals surface area contributed by atoms with E-state index in [1.165, 1.54) is 0 Å². The normalized spacial score (nSPS) is 18.8. The van der Waals surface area contributed by atoms with E-state index in [1.54, 1.807) is 25.1 Å². The number of ether oxygens (including phenoxy) is 1. The highest BCUT2D eigenvalue weighted by molar-refractivity contribution is 7.97. The number of carbonyl (C=O) groups excluding carboxylic acids is 2. The van der Waals surface area contributed by atoms with E-state index in [1.807, 2.05) is 0 Å². The standard InChI is InChI=1S/C10H9NO3S/c1-5-9(12)11-7-4-6(10(13)15)2-3-8(7)14-5/h2-5H,1H3,(H,11,12)(H,13,15). The first-order valence-electron chi connectivity index (χ1n) is 4.43. The van der Waals surface area contributed by atoms with Crippen LogP contribution in [0.25, 0.3) is 0 Å². The van der Waals surface area contributed by atoms with E-state index >= 15 is 0 Å². The van der Waals surface area contributed by atoms with Crippen LogP contribution in [-0.2, 0) is 4.79 Å². The number of anilines is 1. The number of carbonyl (C=O) groups is 2. The van der Waals surface area contributed by atoms with Gasteiger partial charge in [0, 0.05) is 5.56 Å². The van der Waals surface area contributed by atoms with Crippen molar-refractivity contribution in [3.63, 3.8) is 0 Å². The third-order valence-electron chi connectivity index (χ3n) is 2.16. The largest absolute Gasteiger partial charge is 0.479 e. The number of fused-ring (bicyclic) bond motifs is 1. The molecule has 0 saturated carbocycles. The van der Waals surface area contributed by atoms with Gasteiger partial charge in [0.2, 0.25) is 5.12 Å². The van der Waals surface area contributed by atoms with Gasteiger partial charge in [-0.2, -0.15) is 0 Å². The van der Waals surface area contributed by atoms with Gasteiger partial charge >= 0.3 is 0 Å². The molecule has 1 unspecified atom stereocenters. The van der Waals surface area contributed by atoms with Crippen LogP contribution in [0.4, 0.5) is 5.69 Å². The molecule has 0 radical (unpaired) electrons. The van der Waals surface area contributed by atoms with Crippen molar-refractivity contribution in [3.8, 4) is 5.75 Å². The summed E-state index contributed by atoms with van der Waals surface area (Å²) in [7, 11) is 0. The molecule has 4 nitrogen and oxygen atoms in total. The summed E-state index contributed by atoms with van der Waals surface area (Å²) in [5.74, 6) is 0.353. The molecule has 1 amide bonds. The average Bonchev–Trinajstić information content (AvgIpc) is 2.19. The lowest BCUT2D eigenvalue weighted by atomic mass is 10.1. The summed E-state index contributed by atoms with van der Waals surface area (Å²) >= 11 is 3.70. The van der Waals surface area contributed by atoms with Crippen LogP contribution in [0.3, 0.4) is 0 Å². The quantitative estimate of drug-likeness (QED) is 0.709. The molecule has 0 aliphatic carbocycles. The van der Waals surface area contributed by atoms with Gasteiger partial charge in [0.05, 0.1) is 5.69 Å². The van der Waals surface area contributed by atoms with E-state index in [-0.39, 0.29) is 11.0 Å². The molecule has 0 saturated heterocycles. The van der Waals surface area contributed by atoms with E-state index in [2.05, 4.69) is 17.9 Å². The molecule has 1 atom stereocenters. The van der Waals surface area contributed by atoms with Crippen molar-refractivity contribution in [3.05, 3.63) is 23.8 Å². The number of amides is 1. The van der Waals surface area contributed by atoms with Crippen molar-refractivity contribution in [1.82, 2.24) is 0 Å². The van der Waals surface area contributed by atoms with Gasteiger partial charge in [-0.3, -0.25) is 9.59 Å². The number of rotatable bonds is 1. The summed E-state index contributed by atoms with van der Waals surface area (Å²) in [6.45, 7) is 1.66. The molecule has 1 aliphatic rings. The van der Waals surface area contributed by atoms with Gasteiger partial charge in [0.25, 0.3) is 5.91 Å². The van der Waals surface area contributed by atoms with Gasteiger partial charge < -0.3 is 10.1 Å². The maximum Gasteiger partial charge on any atom is 0.265 e. The van der Waals surface area contributed by atoms with Gasteiger partial charge in [-0.05, 0) is 25.1 Å². The molecular weight excluding hydrogens is 214 g/mol. The minimum absolute atomic E-state index is 0.216. The summed E-state index contributed by atoms with van der Waals surface area (Å²) in [6.07, 6.45) is -0.505. The fraction of sp³-hybridized carbons (Fsp3) is 0.200. The van der Waals surface area contributed by atoms with Gasteiger partial charge in [0.15, 0.2) is 6.10 Å². The van der Waals surface area contributed by atoms with Gasteiger partial charge in [-0.25, -0.2) is 0 Å². The monoisotopic (exact) mass is 223 g/mol. The maximum atomic E-state index is 11.3. The molecule has 1 aromatic rings. The summed E-state index contributed by atoms with van der Waals surface area (Å²) in [5, 5.41) is 2.31. The molecule has 0 fully saturated rings. The lowest BCUT2D eigenvalue weighted by Gasteiger charge is -2.23. The predicted octanol–water partition coefficient (Wildman–Crippen LogP) is 1.48. The van der Waals surface area contributed by atoms with Gasteiger partial charge in [0.1, 0.15) is 5.75 Å². The molecule has 1 heterocycles. The topological polar surface area (TPSA) is 55.4 Å². The van der Waals surface area contributed by atoms with Crippen molar-refractivity contribution in [2.24, 2.45) is 0 Å². The lowest BCUT2D eigenvalue weighted by molar-refractivity contribution is -0.122. The minimum atomic E-state index is -0.505. The van der Waals surface area contributed by atoms with Crippen LogP contribution in [0.15, 0.2) is 18.2 Å². The fourth-order valence-corrected chi connectivity index (χ4v) is 1.48. The van der Waals surface area contributed by atoms with Crippen molar-refractivity contribution in [1.29, 1.82) is 0 Å². The van der Waals surface area contributed by atoms with Crippen LogP contribution in [0.2, 0.25) is 0 Å². The Morgan fingerprint density at radius 1 is 1.53 bits per heavy atom. The van der Waals surface area contributed by atoms with Crippen LogP contribution in [0.1, 0.15) is 17.3 Å². The van der Waals surface area contributed by atoms with Crippen LogP contribution in [0.5, 0.6) is 5.75 Å². The Morgan fingerprint density at radius 3 is 2.93 bits per heavy atom. The number of thiol groups is 1. The van der Waals surface area contributed by atoms with Crippen LogP contribution in [0, 0.1) is 0 Å². The SMILES string of the molecule is CC1Oc2ccc(C(=O)S)cc2NC1=O. The number of hydrogen-bond donors (Lipinski definition) is 2. The van der Waals surface area contributed by atoms with Crippen LogP contribution in [-0.4, -0.2) is 17.1 Å². The van der Waals surface area contributed by atoms with Crippen molar-refractivity contribution in [2.75, 3.05) is 5.32 Å². The van der Waals surface area contributed by atoms with Crippen molar-refractivity contribution in [2.45, 2.75) is 13.0 Å². The molecule has 78 valence electrons. The van der Waals surface area contributed by atoms with Gasteiger partial charge in [-0.15, -0.1) is 12.6 Å². The maximum absolute atomic E-state index is 11.3. The predicted molar refractivity (Wildman–Crippen MR) is 58.5 cm³/mol. The highest BCUT2D eigenvalue weighted by Crippen LogP contribution is 2.30. The average molecular weight is 223 g/mol. The third kappa shape index (κ3) is 1.83. The first-order valence-corrected chi connectivity index (χ1v) is 4.87. The van der Waals surface area contributed by atoms with Gasteiger partial charge in [-0.1, -0.05) is 0 Å². The molecular formula is C10H9NO3S. The van der Waals surface area contributed by atoms with Crippen molar-refractivity contribution < 1.29 is 14.3 Å². The second kappa shape index (κ2) is 3.58. The summed E-state index contributed by atoms with van der Waals surface area (Å²) < 4.78 is 5.33. The second-order valence-electron chi connectivity index (χ2n) is 3.27. The zero-order chi connectivity index (χ0) is 11.0. The summed E-state index contributed by atoms with van der Waals surface area (Å²) in [5.41, 5.74) is 0.938. The Labute approximate surface area is 92.0 Å². The first kappa shape index (κ1) is 10.0. The molecule has 1 aliphatic heterocycles.